The normalized spacial score (nSPS) is 21.5. The van der Waals surface area contributed by atoms with Crippen LogP contribution in [0.5, 0.6) is 0 Å². The predicted molar refractivity (Wildman–Crippen MR) is 57.9 cm³/mol. The molecule has 1 rings (SSSR count). The van der Waals surface area contributed by atoms with Crippen molar-refractivity contribution in [2.45, 2.75) is 32.2 Å². The standard InChI is InChI=1S/C11H21NO3/c1-9(5-8-15-2)12-6-3-10(4-7-12)11(13)14/h9-10H,3-8H2,1-2H3,(H,13,14). The number of likely N-dealkylation sites (tertiary alicyclic amines) is 1. The zero-order valence-electron chi connectivity index (χ0n) is 9.61. The second kappa shape index (κ2) is 6.08. The molecule has 15 heavy (non-hydrogen) atoms. The number of methoxy groups -OCH3 is 1. The van der Waals surface area contributed by atoms with Crippen LogP contribution >= 0.6 is 0 Å². The Morgan fingerprint density at radius 2 is 2.13 bits per heavy atom. The van der Waals surface area contributed by atoms with Crippen molar-refractivity contribution >= 4 is 5.97 Å². The average molecular weight is 215 g/mol. The van der Waals surface area contributed by atoms with Crippen LogP contribution in [0.25, 0.3) is 0 Å². The van der Waals surface area contributed by atoms with E-state index in [0.717, 1.165) is 39.0 Å². The molecule has 1 fully saturated rings. The third-order valence-corrected chi connectivity index (χ3v) is 3.24. The Bertz CT molecular complexity index is 200. The smallest absolute Gasteiger partial charge is 0.306 e. The van der Waals surface area contributed by atoms with Crippen molar-refractivity contribution in [1.29, 1.82) is 0 Å². The molecule has 0 bridgehead atoms. The van der Waals surface area contributed by atoms with Crippen LogP contribution < -0.4 is 0 Å². The fraction of sp³-hybridized carbons (Fsp3) is 0.909. The summed E-state index contributed by atoms with van der Waals surface area (Å²) in [6.45, 7) is 4.77. The van der Waals surface area contributed by atoms with Crippen molar-refractivity contribution in [3.05, 3.63) is 0 Å². The summed E-state index contributed by atoms with van der Waals surface area (Å²) in [5.41, 5.74) is 0. The van der Waals surface area contributed by atoms with Gasteiger partial charge in [0, 0.05) is 19.8 Å². The fourth-order valence-electron chi connectivity index (χ4n) is 2.06. The minimum atomic E-state index is -0.640. The van der Waals surface area contributed by atoms with E-state index in [4.69, 9.17) is 9.84 Å². The van der Waals surface area contributed by atoms with E-state index in [9.17, 15) is 4.79 Å². The van der Waals surface area contributed by atoms with Gasteiger partial charge in [0.05, 0.1) is 5.92 Å². The zero-order chi connectivity index (χ0) is 11.3. The van der Waals surface area contributed by atoms with Gasteiger partial charge in [-0.3, -0.25) is 4.79 Å². The molecular formula is C11H21NO3. The van der Waals surface area contributed by atoms with E-state index in [1.165, 1.54) is 0 Å². The molecule has 0 amide bonds. The monoisotopic (exact) mass is 215 g/mol. The molecule has 1 aliphatic rings. The Morgan fingerprint density at radius 1 is 1.53 bits per heavy atom. The molecule has 1 aliphatic heterocycles. The third kappa shape index (κ3) is 3.80. The van der Waals surface area contributed by atoms with Crippen molar-refractivity contribution in [3.8, 4) is 0 Å². The molecular weight excluding hydrogens is 194 g/mol. The average Bonchev–Trinajstić information content (AvgIpc) is 2.26. The van der Waals surface area contributed by atoms with Crippen LogP contribution in [0, 0.1) is 5.92 Å². The number of carboxylic acid groups (broad SMARTS) is 1. The number of hydrogen-bond donors (Lipinski definition) is 1. The maximum atomic E-state index is 10.8. The summed E-state index contributed by atoms with van der Waals surface area (Å²) in [6, 6.07) is 0.500. The molecule has 4 heteroatoms. The first kappa shape index (κ1) is 12.5. The Labute approximate surface area is 91.2 Å². The highest BCUT2D eigenvalue weighted by atomic mass is 16.5. The van der Waals surface area contributed by atoms with Gasteiger partial charge in [-0.2, -0.15) is 0 Å². The van der Waals surface area contributed by atoms with Gasteiger partial charge in [-0.25, -0.2) is 0 Å². The summed E-state index contributed by atoms with van der Waals surface area (Å²) in [7, 11) is 1.71. The topological polar surface area (TPSA) is 49.8 Å². The van der Waals surface area contributed by atoms with E-state index in [1.807, 2.05) is 0 Å². The number of ether oxygens (including phenoxy) is 1. The lowest BCUT2D eigenvalue weighted by Gasteiger charge is -2.34. The van der Waals surface area contributed by atoms with Crippen LogP contribution in [-0.4, -0.2) is 48.8 Å². The molecule has 0 radical (unpaired) electrons. The number of aliphatic carboxylic acids is 1. The highest BCUT2D eigenvalue weighted by molar-refractivity contribution is 5.70. The van der Waals surface area contributed by atoms with Crippen molar-refractivity contribution in [2.24, 2.45) is 5.92 Å². The summed E-state index contributed by atoms with van der Waals surface area (Å²) >= 11 is 0. The van der Waals surface area contributed by atoms with Crippen molar-refractivity contribution in [3.63, 3.8) is 0 Å². The van der Waals surface area contributed by atoms with Gasteiger partial charge in [-0.15, -0.1) is 0 Å². The van der Waals surface area contributed by atoms with Crippen molar-refractivity contribution in [2.75, 3.05) is 26.8 Å². The molecule has 1 N–H and O–H groups in total. The highest BCUT2D eigenvalue weighted by Crippen LogP contribution is 2.19. The molecule has 0 aliphatic carbocycles. The summed E-state index contributed by atoms with van der Waals surface area (Å²) in [5.74, 6) is -0.768. The SMILES string of the molecule is COCCC(C)N1CCC(C(=O)O)CC1. The van der Waals surface area contributed by atoms with Crippen molar-refractivity contribution < 1.29 is 14.6 Å². The fourth-order valence-corrected chi connectivity index (χ4v) is 2.06. The maximum Gasteiger partial charge on any atom is 0.306 e. The van der Waals surface area contributed by atoms with Crippen LogP contribution in [0.2, 0.25) is 0 Å². The molecule has 1 atom stereocenters. The summed E-state index contributed by atoms with van der Waals surface area (Å²) in [6.07, 6.45) is 2.59. The quantitative estimate of drug-likeness (QED) is 0.749. The van der Waals surface area contributed by atoms with Gasteiger partial charge < -0.3 is 14.7 Å². The molecule has 0 spiro atoms. The van der Waals surface area contributed by atoms with E-state index >= 15 is 0 Å². The predicted octanol–water partition coefficient (Wildman–Crippen LogP) is 1.21. The van der Waals surface area contributed by atoms with E-state index in [0.29, 0.717) is 6.04 Å². The molecule has 1 heterocycles. The number of rotatable bonds is 5. The maximum absolute atomic E-state index is 10.8. The van der Waals surface area contributed by atoms with Gasteiger partial charge in [0.1, 0.15) is 0 Å². The van der Waals surface area contributed by atoms with E-state index in [1.54, 1.807) is 7.11 Å². The molecule has 4 nitrogen and oxygen atoms in total. The van der Waals surface area contributed by atoms with Gasteiger partial charge in [0.15, 0.2) is 0 Å². The van der Waals surface area contributed by atoms with Crippen molar-refractivity contribution in [1.82, 2.24) is 4.90 Å². The van der Waals surface area contributed by atoms with Crippen LogP contribution in [-0.2, 0) is 9.53 Å². The van der Waals surface area contributed by atoms with E-state index in [2.05, 4.69) is 11.8 Å². The van der Waals surface area contributed by atoms with Crippen LogP contribution in [0.1, 0.15) is 26.2 Å². The minimum Gasteiger partial charge on any atom is -0.481 e. The molecule has 0 aromatic heterocycles. The minimum absolute atomic E-state index is 0.129. The van der Waals surface area contributed by atoms with Crippen LogP contribution in [0.3, 0.4) is 0 Å². The lowest BCUT2D eigenvalue weighted by atomic mass is 9.96. The molecule has 0 saturated carbocycles. The van der Waals surface area contributed by atoms with E-state index in [-0.39, 0.29) is 5.92 Å². The lowest BCUT2D eigenvalue weighted by molar-refractivity contribution is -0.143. The second-order valence-corrected chi connectivity index (χ2v) is 4.28. The summed E-state index contributed by atoms with van der Waals surface area (Å²) in [5, 5.41) is 8.87. The first-order valence-electron chi connectivity index (χ1n) is 5.61. The van der Waals surface area contributed by atoms with E-state index < -0.39 is 5.97 Å². The molecule has 1 saturated heterocycles. The number of piperidine rings is 1. The Kier molecular flexibility index (Phi) is 5.05. The van der Waals surface area contributed by atoms with Gasteiger partial charge in [0.2, 0.25) is 0 Å². The van der Waals surface area contributed by atoms with Gasteiger partial charge in [-0.05, 0) is 39.3 Å². The number of nitrogens with zero attached hydrogens (tertiary/aromatic N) is 1. The lowest BCUT2D eigenvalue weighted by Crippen LogP contribution is -2.41. The van der Waals surface area contributed by atoms with Crippen LogP contribution in [0.4, 0.5) is 0 Å². The number of carboxylic acids is 1. The Balaban J connectivity index is 2.27. The molecule has 0 aromatic carbocycles. The van der Waals surface area contributed by atoms with Crippen LogP contribution in [0.15, 0.2) is 0 Å². The first-order valence-corrected chi connectivity index (χ1v) is 5.61. The Hall–Kier alpha value is -0.610. The van der Waals surface area contributed by atoms with Gasteiger partial charge in [-0.1, -0.05) is 0 Å². The third-order valence-electron chi connectivity index (χ3n) is 3.24. The van der Waals surface area contributed by atoms with Gasteiger partial charge >= 0.3 is 5.97 Å². The first-order chi connectivity index (χ1) is 7.15. The highest BCUT2D eigenvalue weighted by Gasteiger charge is 2.26. The summed E-state index contributed by atoms with van der Waals surface area (Å²) < 4.78 is 5.04. The largest absolute Gasteiger partial charge is 0.481 e. The number of hydrogen-bond acceptors (Lipinski definition) is 3. The summed E-state index contributed by atoms with van der Waals surface area (Å²) in [4.78, 5) is 13.1. The second-order valence-electron chi connectivity index (χ2n) is 4.28. The molecule has 88 valence electrons. The number of carbonyl (C=O) groups is 1. The molecule has 1 unspecified atom stereocenters. The molecule has 0 aromatic rings. The van der Waals surface area contributed by atoms with Gasteiger partial charge in [0.25, 0.3) is 0 Å². The Morgan fingerprint density at radius 3 is 2.60 bits per heavy atom. The zero-order valence-corrected chi connectivity index (χ0v) is 9.61.